The Bertz CT molecular complexity index is 98.6. The predicted molar refractivity (Wildman–Crippen MR) is 39.1 cm³/mol. The van der Waals surface area contributed by atoms with E-state index in [1.165, 1.54) is 0 Å². The quantitative estimate of drug-likeness (QED) is 0.579. The van der Waals surface area contributed by atoms with Gasteiger partial charge in [-0.15, -0.1) is 0 Å². The van der Waals surface area contributed by atoms with Crippen molar-refractivity contribution >= 4 is 10.7 Å². The lowest BCUT2D eigenvalue weighted by Crippen LogP contribution is -2.39. The SMILES string of the molecule is CNC(C)(C)S(C)=N. The topological polar surface area (TPSA) is 35.9 Å². The highest BCUT2D eigenvalue weighted by Gasteiger charge is 2.14. The van der Waals surface area contributed by atoms with Gasteiger partial charge in [-0.25, -0.2) is 0 Å². The molecule has 0 bridgehead atoms. The fourth-order valence-corrected chi connectivity index (χ4v) is 0.459. The van der Waals surface area contributed by atoms with Crippen molar-refractivity contribution in [2.45, 2.75) is 18.7 Å². The minimum absolute atomic E-state index is 0.0139. The number of rotatable bonds is 2. The van der Waals surface area contributed by atoms with Gasteiger partial charge in [0.15, 0.2) is 0 Å². The van der Waals surface area contributed by atoms with E-state index in [0.29, 0.717) is 0 Å². The van der Waals surface area contributed by atoms with E-state index < -0.39 is 0 Å². The number of hydrogen-bond acceptors (Lipinski definition) is 2. The Morgan fingerprint density at radius 3 is 1.88 bits per heavy atom. The lowest BCUT2D eigenvalue weighted by Gasteiger charge is -2.22. The Hall–Kier alpha value is 0.110. The van der Waals surface area contributed by atoms with Crippen molar-refractivity contribution in [2.24, 2.45) is 0 Å². The fraction of sp³-hybridized carbons (Fsp3) is 1.00. The van der Waals surface area contributed by atoms with E-state index in [0.717, 1.165) is 0 Å². The van der Waals surface area contributed by atoms with E-state index in [-0.39, 0.29) is 15.6 Å². The van der Waals surface area contributed by atoms with Crippen LogP contribution in [0.15, 0.2) is 0 Å². The molecule has 0 aromatic rings. The summed E-state index contributed by atoms with van der Waals surface area (Å²) in [6.07, 6.45) is 1.91. The molecule has 1 atom stereocenters. The van der Waals surface area contributed by atoms with Crippen LogP contribution in [0.5, 0.6) is 0 Å². The maximum Gasteiger partial charge on any atom is 0.0687 e. The molecular weight excluding hydrogens is 120 g/mol. The molecule has 0 spiro atoms. The molecule has 3 heteroatoms. The average molecular weight is 134 g/mol. The molecule has 0 aliphatic rings. The summed E-state index contributed by atoms with van der Waals surface area (Å²) in [5, 5.41) is 3.07. The largest absolute Gasteiger partial charge is 0.306 e. The van der Waals surface area contributed by atoms with E-state index in [9.17, 15) is 0 Å². The molecular formula is C5H14N2S. The van der Waals surface area contributed by atoms with Gasteiger partial charge in [0.1, 0.15) is 0 Å². The van der Waals surface area contributed by atoms with Crippen molar-refractivity contribution in [1.29, 1.82) is 4.78 Å². The third kappa shape index (κ3) is 1.92. The second-order valence-electron chi connectivity index (χ2n) is 2.27. The van der Waals surface area contributed by atoms with Gasteiger partial charge in [0.05, 0.1) is 4.87 Å². The molecule has 0 heterocycles. The van der Waals surface area contributed by atoms with Crippen LogP contribution >= 0.6 is 0 Å². The van der Waals surface area contributed by atoms with Crippen LogP contribution in [-0.4, -0.2) is 18.2 Å². The predicted octanol–water partition coefficient (Wildman–Crippen LogP) is 0.952. The molecule has 8 heavy (non-hydrogen) atoms. The monoisotopic (exact) mass is 134 g/mol. The first-order chi connectivity index (χ1) is 3.50. The molecule has 2 N–H and O–H groups in total. The van der Waals surface area contributed by atoms with Crippen molar-refractivity contribution in [2.75, 3.05) is 13.3 Å². The Labute approximate surface area is 53.6 Å². The molecule has 50 valence electrons. The normalized spacial score (nSPS) is 16.0. The molecule has 0 amide bonds. The Morgan fingerprint density at radius 2 is 1.88 bits per heavy atom. The summed E-state index contributed by atoms with van der Waals surface area (Å²) in [5.41, 5.74) is 0. The molecule has 0 aromatic carbocycles. The highest BCUT2D eigenvalue weighted by molar-refractivity contribution is 7.86. The molecule has 0 fully saturated rings. The van der Waals surface area contributed by atoms with E-state index in [1.54, 1.807) is 0 Å². The lowest BCUT2D eigenvalue weighted by atomic mass is 10.4. The van der Waals surface area contributed by atoms with Crippen molar-refractivity contribution in [1.82, 2.24) is 5.32 Å². The highest BCUT2D eigenvalue weighted by Crippen LogP contribution is 2.04. The van der Waals surface area contributed by atoms with Gasteiger partial charge in [0.25, 0.3) is 0 Å². The van der Waals surface area contributed by atoms with Gasteiger partial charge in [-0.3, -0.25) is 4.78 Å². The summed E-state index contributed by atoms with van der Waals surface area (Å²) in [7, 11) is 1.60. The molecule has 2 nitrogen and oxygen atoms in total. The molecule has 0 radical (unpaired) electrons. The molecule has 0 rings (SSSR count). The maximum absolute atomic E-state index is 7.35. The highest BCUT2D eigenvalue weighted by atomic mass is 32.2. The minimum Gasteiger partial charge on any atom is -0.306 e. The molecule has 0 aliphatic carbocycles. The summed E-state index contributed by atoms with van der Waals surface area (Å²) in [6.45, 7) is 4.06. The number of hydrogen-bond donors (Lipinski definition) is 2. The van der Waals surface area contributed by atoms with Gasteiger partial charge >= 0.3 is 0 Å². The van der Waals surface area contributed by atoms with E-state index in [2.05, 4.69) is 5.32 Å². The van der Waals surface area contributed by atoms with Gasteiger partial charge in [-0.2, -0.15) is 0 Å². The van der Waals surface area contributed by atoms with Crippen LogP contribution < -0.4 is 5.32 Å². The van der Waals surface area contributed by atoms with Crippen LogP contribution in [0.4, 0.5) is 0 Å². The number of nitrogens with one attached hydrogen (secondary N) is 2. The Morgan fingerprint density at radius 1 is 1.50 bits per heavy atom. The van der Waals surface area contributed by atoms with Crippen LogP contribution in [0.3, 0.4) is 0 Å². The average Bonchev–Trinajstić information content (AvgIpc) is 1.67. The molecule has 0 saturated carbocycles. The molecule has 0 saturated heterocycles. The minimum atomic E-state index is -0.287. The third-order valence-corrected chi connectivity index (χ3v) is 3.10. The Balaban J connectivity index is 3.91. The lowest BCUT2D eigenvalue weighted by molar-refractivity contribution is 0.604. The summed E-state index contributed by atoms with van der Waals surface area (Å²) in [5.74, 6) is 0. The zero-order valence-corrected chi connectivity index (χ0v) is 6.72. The van der Waals surface area contributed by atoms with Gasteiger partial charge in [0, 0.05) is 0 Å². The zero-order valence-electron chi connectivity index (χ0n) is 5.91. The van der Waals surface area contributed by atoms with Crippen LogP contribution in [0.1, 0.15) is 13.8 Å². The smallest absolute Gasteiger partial charge is 0.0687 e. The van der Waals surface area contributed by atoms with E-state index in [4.69, 9.17) is 4.78 Å². The summed E-state index contributed by atoms with van der Waals surface area (Å²) in [4.78, 5) is -0.0139. The maximum atomic E-state index is 7.35. The second kappa shape index (κ2) is 2.60. The van der Waals surface area contributed by atoms with Crippen LogP contribution in [0.25, 0.3) is 0 Å². The third-order valence-electron chi connectivity index (χ3n) is 1.37. The first kappa shape index (κ1) is 8.11. The standard InChI is InChI=1S/C5H14N2S/c1-5(2,7-3)8(4)6/h6-7H,1-4H3. The van der Waals surface area contributed by atoms with Gasteiger partial charge in [-0.05, 0) is 27.2 Å². The van der Waals surface area contributed by atoms with Gasteiger partial charge in [-0.1, -0.05) is 10.7 Å². The van der Waals surface area contributed by atoms with Crippen molar-refractivity contribution in [3.63, 3.8) is 0 Å². The van der Waals surface area contributed by atoms with Crippen molar-refractivity contribution < 1.29 is 0 Å². The van der Waals surface area contributed by atoms with Crippen LogP contribution in [0, 0.1) is 4.78 Å². The van der Waals surface area contributed by atoms with Gasteiger partial charge in [0.2, 0.25) is 0 Å². The van der Waals surface area contributed by atoms with Crippen LogP contribution in [0.2, 0.25) is 0 Å². The summed E-state index contributed by atoms with van der Waals surface area (Å²) < 4.78 is 7.35. The van der Waals surface area contributed by atoms with Crippen molar-refractivity contribution in [3.8, 4) is 0 Å². The summed E-state index contributed by atoms with van der Waals surface area (Å²) >= 11 is 0. The second-order valence-corrected chi connectivity index (χ2v) is 4.31. The zero-order chi connectivity index (χ0) is 6.78. The Kier molecular flexibility index (Phi) is 2.63. The summed E-state index contributed by atoms with van der Waals surface area (Å²) in [6, 6.07) is 0. The van der Waals surface area contributed by atoms with E-state index >= 15 is 0 Å². The first-order valence-electron chi connectivity index (χ1n) is 2.57. The first-order valence-corrected chi connectivity index (χ1v) is 4.20. The fourth-order valence-electron chi connectivity index (χ4n) is 0.153. The van der Waals surface area contributed by atoms with Gasteiger partial charge < -0.3 is 5.32 Å². The van der Waals surface area contributed by atoms with Crippen molar-refractivity contribution in [3.05, 3.63) is 0 Å². The molecule has 0 aromatic heterocycles. The van der Waals surface area contributed by atoms with Crippen LogP contribution in [-0.2, 0) is 10.7 Å². The molecule has 1 unspecified atom stereocenters. The molecule has 0 aliphatic heterocycles. The van der Waals surface area contributed by atoms with E-state index in [1.807, 2.05) is 27.2 Å².